The molecule has 1 aromatic heterocycles. The molecule has 0 amide bonds. The first-order chi connectivity index (χ1) is 10.4. The summed E-state index contributed by atoms with van der Waals surface area (Å²) in [5.41, 5.74) is -1.15. The summed E-state index contributed by atoms with van der Waals surface area (Å²) in [5.74, 6) is -0.530. The molecule has 0 aliphatic carbocycles. The van der Waals surface area contributed by atoms with E-state index in [9.17, 15) is 24.5 Å². The van der Waals surface area contributed by atoms with Crippen molar-refractivity contribution in [1.29, 1.82) is 0 Å². The number of rotatable bonds is 4. The molecule has 0 aliphatic heterocycles. The first kappa shape index (κ1) is 15.4. The topological polar surface area (TPSA) is 115 Å². The van der Waals surface area contributed by atoms with Gasteiger partial charge in [0.05, 0.1) is 4.92 Å². The van der Waals surface area contributed by atoms with Crippen LogP contribution in [0.3, 0.4) is 0 Å². The van der Waals surface area contributed by atoms with E-state index < -0.39 is 22.0 Å². The minimum atomic E-state index is -0.664. The molecule has 114 valence electrons. The number of nitro benzene ring substituents is 1. The van der Waals surface area contributed by atoms with Gasteiger partial charge in [-0.1, -0.05) is 0 Å². The maximum atomic E-state index is 12.6. The molecule has 8 heteroatoms. The van der Waals surface area contributed by atoms with Crippen LogP contribution in [0.5, 0.6) is 0 Å². The molecule has 0 fully saturated rings. The molecule has 8 nitrogen and oxygen atoms in total. The van der Waals surface area contributed by atoms with Gasteiger partial charge in [0.2, 0.25) is 5.78 Å². The smallest absolute Gasteiger partial charge is 0.290 e. The zero-order chi connectivity index (χ0) is 16.4. The monoisotopic (exact) mass is 303 g/mol. The van der Waals surface area contributed by atoms with E-state index in [4.69, 9.17) is 0 Å². The van der Waals surface area contributed by atoms with E-state index in [0.717, 1.165) is 0 Å². The van der Waals surface area contributed by atoms with Crippen molar-refractivity contribution >= 4 is 11.5 Å². The number of nitro groups is 1. The number of H-pyrrole nitrogens is 1. The van der Waals surface area contributed by atoms with Gasteiger partial charge in [-0.3, -0.25) is 29.3 Å². The van der Waals surface area contributed by atoms with Gasteiger partial charge in [0, 0.05) is 29.8 Å². The lowest BCUT2D eigenvalue weighted by molar-refractivity contribution is -0.384. The first-order valence-corrected chi connectivity index (χ1v) is 6.49. The zero-order valence-corrected chi connectivity index (χ0v) is 12.0. The van der Waals surface area contributed by atoms with Crippen molar-refractivity contribution in [1.82, 2.24) is 9.55 Å². The third-order valence-electron chi connectivity index (χ3n) is 3.30. The second kappa shape index (κ2) is 5.76. The number of aromatic amines is 1. The molecule has 0 saturated heterocycles. The summed E-state index contributed by atoms with van der Waals surface area (Å²) >= 11 is 0. The van der Waals surface area contributed by atoms with Crippen LogP contribution in [0, 0.1) is 17.0 Å². The van der Waals surface area contributed by atoms with Gasteiger partial charge in [0.1, 0.15) is 5.69 Å². The summed E-state index contributed by atoms with van der Waals surface area (Å²) in [6.45, 7) is 3.33. The fraction of sp³-hybridized carbons (Fsp3) is 0.214. The third-order valence-corrected chi connectivity index (χ3v) is 3.30. The summed E-state index contributed by atoms with van der Waals surface area (Å²) in [4.78, 5) is 48.2. The number of non-ortho nitro benzene ring substituents is 1. The number of aromatic nitrogens is 2. The average molecular weight is 303 g/mol. The van der Waals surface area contributed by atoms with E-state index in [1.807, 2.05) is 0 Å². The number of hydrogen-bond acceptors (Lipinski definition) is 5. The fourth-order valence-corrected chi connectivity index (χ4v) is 2.14. The molecular weight excluding hydrogens is 290 g/mol. The van der Waals surface area contributed by atoms with Gasteiger partial charge in [-0.15, -0.1) is 0 Å². The molecule has 0 radical (unpaired) electrons. The second-order valence-electron chi connectivity index (χ2n) is 4.61. The molecule has 0 saturated carbocycles. The van der Waals surface area contributed by atoms with Gasteiger partial charge in [-0.2, -0.15) is 0 Å². The van der Waals surface area contributed by atoms with Crippen LogP contribution in [-0.4, -0.2) is 20.3 Å². The minimum Gasteiger partial charge on any atom is -0.290 e. The lowest BCUT2D eigenvalue weighted by Gasteiger charge is -2.11. The summed E-state index contributed by atoms with van der Waals surface area (Å²) in [6, 6.07) is 4.99. The van der Waals surface area contributed by atoms with E-state index >= 15 is 0 Å². The molecule has 1 aromatic carbocycles. The van der Waals surface area contributed by atoms with Gasteiger partial charge in [0.25, 0.3) is 11.2 Å². The van der Waals surface area contributed by atoms with Crippen LogP contribution in [-0.2, 0) is 6.54 Å². The molecule has 1 heterocycles. The Morgan fingerprint density at radius 1 is 1.27 bits per heavy atom. The average Bonchev–Trinajstić information content (AvgIpc) is 2.50. The summed E-state index contributed by atoms with van der Waals surface area (Å²) in [7, 11) is 0. The van der Waals surface area contributed by atoms with E-state index in [1.54, 1.807) is 6.92 Å². The quantitative estimate of drug-likeness (QED) is 0.514. The molecule has 0 atom stereocenters. The van der Waals surface area contributed by atoms with Crippen molar-refractivity contribution in [2.24, 2.45) is 0 Å². The Hall–Kier alpha value is -3.03. The lowest BCUT2D eigenvalue weighted by Crippen LogP contribution is -2.36. The van der Waals surface area contributed by atoms with E-state index in [2.05, 4.69) is 4.98 Å². The molecule has 0 spiro atoms. The van der Waals surface area contributed by atoms with Crippen LogP contribution in [0.15, 0.2) is 33.9 Å². The van der Waals surface area contributed by atoms with Gasteiger partial charge in [0.15, 0.2) is 0 Å². The predicted molar refractivity (Wildman–Crippen MR) is 78.3 cm³/mol. The molecule has 0 aliphatic rings. The summed E-state index contributed by atoms with van der Waals surface area (Å²) in [5, 5.41) is 10.6. The normalized spacial score (nSPS) is 10.5. The van der Waals surface area contributed by atoms with Gasteiger partial charge in [-0.05, 0) is 26.0 Å². The summed E-state index contributed by atoms with van der Waals surface area (Å²) < 4.78 is 1.17. The lowest BCUT2D eigenvalue weighted by atomic mass is 10.0. The van der Waals surface area contributed by atoms with Crippen molar-refractivity contribution < 1.29 is 9.72 Å². The van der Waals surface area contributed by atoms with Crippen molar-refractivity contribution in [3.05, 3.63) is 72.0 Å². The number of ketones is 1. The Labute approximate surface area is 124 Å². The number of hydrogen-bond donors (Lipinski definition) is 1. The minimum absolute atomic E-state index is 0.00916. The highest BCUT2D eigenvalue weighted by atomic mass is 16.6. The fourth-order valence-electron chi connectivity index (χ4n) is 2.14. The van der Waals surface area contributed by atoms with Gasteiger partial charge in [-0.25, -0.2) is 4.79 Å². The zero-order valence-electron chi connectivity index (χ0n) is 12.0. The summed E-state index contributed by atoms with van der Waals surface area (Å²) in [6.07, 6.45) is 0. The SMILES string of the molecule is CCn1c(C(=O)c2ccc([N+](=O)[O-])cc2)c(C)c(=O)[nH]c1=O. The Morgan fingerprint density at radius 2 is 1.86 bits per heavy atom. The third kappa shape index (κ3) is 2.58. The van der Waals surface area contributed by atoms with Gasteiger partial charge < -0.3 is 0 Å². The van der Waals surface area contributed by atoms with Crippen LogP contribution in [0.1, 0.15) is 28.5 Å². The van der Waals surface area contributed by atoms with Crippen LogP contribution >= 0.6 is 0 Å². The highest BCUT2D eigenvalue weighted by Crippen LogP contribution is 2.15. The van der Waals surface area contributed by atoms with Crippen LogP contribution in [0.25, 0.3) is 0 Å². The molecule has 22 heavy (non-hydrogen) atoms. The molecule has 1 N–H and O–H groups in total. The molecular formula is C14H13N3O5. The van der Waals surface area contributed by atoms with E-state index in [-0.39, 0.29) is 29.1 Å². The Morgan fingerprint density at radius 3 is 2.36 bits per heavy atom. The highest BCUT2D eigenvalue weighted by molar-refractivity contribution is 6.08. The predicted octanol–water partition coefficient (Wildman–Crippen LogP) is 1.00. The second-order valence-corrected chi connectivity index (χ2v) is 4.61. The molecule has 0 bridgehead atoms. The Bertz CT molecular complexity index is 862. The maximum Gasteiger partial charge on any atom is 0.328 e. The highest BCUT2D eigenvalue weighted by Gasteiger charge is 2.20. The number of carbonyl (C=O) groups excluding carboxylic acids is 1. The van der Waals surface area contributed by atoms with Crippen LogP contribution in [0.2, 0.25) is 0 Å². The number of carbonyl (C=O) groups is 1. The van der Waals surface area contributed by atoms with Crippen molar-refractivity contribution in [2.45, 2.75) is 20.4 Å². The molecule has 2 aromatic rings. The van der Waals surface area contributed by atoms with Crippen molar-refractivity contribution in [2.75, 3.05) is 0 Å². The van der Waals surface area contributed by atoms with E-state index in [1.165, 1.54) is 35.8 Å². The Kier molecular flexibility index (Phi) is 4.02. The first-order valence-electron chi connectivity index (χ1n) is 6.49. The Balaban J connectivity index is 2.61. The standard InChI is InChI=1S/C14H13N3O5/c1-3-16-11(8(2)13(19)15-14(16)20)12(18)9-4-6-10(7-5-9)17(21)22/h4-7H,3H2,1-2H3,(H,15,19,20). The number of nitrogens with zero attached hydrogens (tertiary/aromatic N) is 2. The number of nitrogens with one attached hydrogen (secondary N) is 1. The number of benzene rings is 1. The van der Waals surface area contributed by atoms with Gasteiger partial charge >= 0.3 is 5.69 Å². The largest absolute Gasteiger partial charge is 0.328 e. The maximum absolute atomic E-state index is 12.6. The van der Waals surface area contributed by atoms with Crippen molar-refractivity contribution in [3.63, 3.8) is 0 Å². The molecule has 2 rings (SSSR count). The molecule has 0 unspecified atom stereocenters. The van der Waals surface area contributed by atoms with Crippen LogP contribution < -0.4 is 11.2 Å². The van der Waals surface area contributed by atoms with E-state index in [0.29, 0.717) is 0 Å². The van der Waals surface area contributed by atoms with Crippen LogP contribution in [0.4, 0.5) is 5.69 Å². The van der Waals surface area contributed by atoms with Crippen molar-refractivity contribution in [3.8, 4) is 0 Å².